The van der Waals surface area contributed by atoms with Crippen LogP contribution in [-0.2, 0) is 38.2 Å². The van der Waals surface area contributed by atoms with Gasteiger partial charge in [0.15, 0.2) is 16.9 Å². The number of alkyl halides is 1. The van der Waals surface area contributed by atoms with Gasteiger partial charge in [0.2, 0.25) is 5.60 Å². The molecule has 2 aromatic carbocycles. The number of amides is 3. The number of aromatic nitrogens is 1. The molecule has 0 aliphatic carbocycles. The predicted molar refractivity (Wildman–Crippen MR) is 218 cm³/mol. The maximum Gasteiger partial charge on any atom is 0.413 e. The molecule has 0 spiro atoms. The van der Waals surface area contributed by atoms with Gasteiger partial charge in [-0.1, -0.05) is 88.8 Å². The van der Waals surface area contributed by atoms with Crippen LogP contribution in [0.5, 0.6) is 0 Å². The molecule has 2 atom stereocenters. The minimum atomic E-state index is -1.70. The lowest BCUT2D eigenvalue weighted by molar-refractivity contribution is -0.179. The van der Waals surface area contributed by atoms with Gasteiger partial charge in [0, 0.05) is 11.6 Å². The van der Waals surface area contributed by atoms with Gasteiger partial charge in [-0.15, -0.1) is 23.4 Å². The normalized spacial score (nSPS) is 17.4. The Kier molecular flexibility index (Phi) is 13.3. The molecule has 2 unspecified atom stereocenters. The first-order valence-electron chi connectivity index (χ1n) is 17.7. The zero-order valence-corrected chi connectivity index (χ0v) is 35.7. The van der Waals surface area contributed by atoms with Crippen molar-refractivity contribution in [3.05, 3.63) is 93.1 Å². The van der Waals surface area contributed by atoms with E-state index in [0.717, 1.165) is 22.5 Å². The Bertz CT molecular complexity index is 2040. The first-order valence-corrected chi connectivity index (χ1v) is 20.5. The van der Waals surface area contributed by atoms with E-state index >= 15 is 0 Å². The van der Waals surface area contributed by atoms with Crippen LogP contribution < -0.4 is 10.6 Å². The SMILES string of the molecule is CC(C)(C)OC(=O)Nc1nc(/C(=N/OC(C)(C)C(=O)OC(C)(C)C)C(=O)NC2C(=O)N3C(C(=O)OC(c4ccccc4)c4ccccc4)=C(CCl)CSC23)c(Cl)s1. The fourth-order valence-corrected chi connectivity index (χ4v) is 8.12. The maximum atomic E-state index is 14.1. The van der Waals surface area contributed by atoms with Crippen molar-refractivity contribution < 1.29 is 43.0 Å². The van der Waals surface area contributed by atoms with Gasteiger partial charge in [0.05, 0.1) is 0 Å². The number of β-lactam (4-membered cyclic amide) rings is 1. The number of nitrogens with zero attached hydrogens (tertiary/aromatic N) is 3. The van der Waals surface area contributed by atoms with Gasteiger partial charge in [0.25, 0.3) is 11.8 Å². The smallest absolute Gasteiger partial charge is 0.413 e. The van der Waals surface area contributed by atoms with Gasteiger partial charge in [-0.3, -0.25) is 19.8 Å². The second-order valence-electron chi connectivity index (χ2n) is 15.4. The third-order valence-corrected chi connectivity index (χ3v) is 10.8. The lowest BCUT2D eigenvalue weighted by Crippen LogP contribution is -2.71. The molecule has 0 radical (unpaired) electrons. The van der Waals surface area contributed by atoms with Crippen LogP contribution in [0.25, 0.3) is 0 Å². The first kappa shape index (κ1) is 43.5. The standard InChI is InChI=1S/C39H43Cl2N5O9S2/c1-37(2,3)53-34(50)39(7,8)55-45-25(24-29(41)57-35(43-24)44-36(51)54-38(4,5)6)30(47)42-26-31(48)46-27(23(19-40)20-56-32(26)46)33(49)52-28(21-15-11-9-12-16-21)22-17-13-10-14-18-22/h9-18,26,28,32H,19-20H2,1-8H3,(H,42,47)(H,43,44,51)/b45-25-. The summed E-state index contributed by atoms with van der Waals surface area (Å²) in [6, 6.07) is 17.2. The number of rotatable bonds is 12. The highest BCUT2D eigenvalue weighted by atomic mass is 35.5. The number of halogens is 2. The number of anilines is 1. The van der Waals surface area contributed by atoms with Crippen LogP contribution in [0.4, 0.5) is 9.93 Å². The number of fused-ring (bicyclic) bond motifs is 1. The molecule has 0 saturated carbocycles. The molecular formula is C39H43Cl2N5O9S2. The lowest BCUT2D eigenvalue weighted by Gasteiger charge is -2.49. The quantitative estimate of drug-likeness (QED) is 0.0470. The molecule has 0 bridgehead atoms. The van der Waals surface area contributed by atoms with E-state index in [1.807, 2.05) is 60.7 Å². The average molecular weight is 861 g/mol. The van der Waals surface area contributed by atoms with Crippen molar-refractivity contribution in [3.63, 3.8) is 0 Å². The van der Waals surface area contributed by atoms with Crippen LogP contribution in [0.1, 0.15) is 78.3 Å². The summed E-state index contributed by atoms with van der Waals surface area (Å²) in [5.41, 5.74) is -2.17. The van der Waals surface area contributed by atoms with E-state index in [1.54, 1.807) is 41.5 Å². The van der Waals surface area contributed by atoms with Crippen molar-refractivity contribution in [1.29, 1.82) is 0 Å². The molecule has 14 nitrogen and oxygen atoms in total. The van der Waals surface area contributed by atoms with E-state index in [-0.39, 0.29) is 32.5 Å². The number of hydrogen-bond donors (Lipinski definition) is 2. The van der Waals surface area contributed by atoms with Crippen LogP contribution in [0.3, 0.4) is 0 Å². The zero-order valence-electron chi connectivity index (χ0n) is 32.5. The largest absolute Gasteiger partial charge is 0.457 e. The van der Waals surface area contributed by atoms with E-state index in [2.05, 4.69) is 20.8 Å². The fourth-order valence-electron chi connectivity index (χ4n) is 5.41. The molecule has 3 heterocycles. The minimum Gasteiger partial charge on any atom is -0.457 e. The summed E-state index contributed by atoms with van der Waals surface area (Å²) in [4.78, 5) is 78.7. The Morgan fingerprint density at radius 1 is 0.930 bits per heavy atom. The summed E-state index contributed by atoms with van der Waals surface area (Å²) in [5, 5.41) is 8.39. The Morgan fingerprint density at radius 3 is 2.05 bits per heavy atom. The molecule has 1 saturated heterocycles. The number of thioether (sulfide) groups is 1. The van der Waals surface area contributed by atoms with Gasteiger partial charge < -0.3 is 24.4 Å². The van der Waals surface area contributed by atoms with E-state index in [4.69, 9.17) is 42.3 Å². The molecule has 1 fully saturated rings. The molecule has 3 amide bonds. The molecule has 5 rings (SSSR count). The molecule has 2 aliphatic heterocycles. The summed E-state index contributed by atoms with van der Waals surface area (Å²) >= 11 is 15.0. The van der Waals surface area contributed by atoms with Gasteiger partial charge in [0.1, 0.15) is 38.3 Å². The predicted octanol–water partition coefficient (Wildman–Crippen LogP) is 7.21. The number of ether oxygens (including phenoxy) is 3. The van der Waals surface area contributed by atoms with E-state index in [9.17, 15) is 24.0 Å². The van der Waals surface area contributed by atoms with Crippen molar-refractivity contribution in [1.82, 2.24) is 15.2 Å². The van der Waals surface area contributed by atoms with E-state index < -0.39 is 69.9 Å². The molecule has 1 aromatic heterocycles. The van der Waals surface area contributed by atoms with Gasteiger partial charge in [-0.25, -0.2) is 19.4 Å². The van der Waals surface area contributed by atoms with Crippen LogP contribution in [0.2, 0.25) is 4.34 Å². The lowest BCUT2D eigenvalue weighted by atomic mass is 10.0. The third kappa shape index (κ3) is 10.7. The third-order valence-electron chi connectivity index (χ3n) is 8.01. The van der Waals surface area contributed by atoms with Crippen LogP contribution in [0.15, 0.2) is 77.1 Å². The molecule has 304 valence electrons. The van der Waals surface area contributed by atoms with Crippen LogP contribution in [0, 0.1) is 0 Å². The fraction of sp³-hybridized carbons (Fsp3) is 0.410. The maximum absolute atomic E-state index is 14.1. The Balaban J connectivity index is 1.41. The number of nitrogens with one attached hydrogen (secondary N) is 2. The van der Waals surface area contributed by atoms with Crippen molar-refractivity contribution in [3.8, 4) is 0 Å². The second-order valence-corrected chi connectivity index (χ2v) is 18.3. The summed E-state index contributed by atoms with van der Waals surface area (Å²) < 4.78 is 16.8. The van der Waals surface area contributed by atoms with Crippen molar-refractivity contribution in [2.75, 3.05) is 16.9 Å². The molecule has 57 heavy (non-hydrogen) atoms. The minimum absolute atomic E-state index is 0.00199. The first-order chi connectivity index (χ1) is 26.7. The Labute approximate surface area is 348 Å². The number of hydrogen-bond acceptors (Lipinski definition) is 13. The van der Waals surface area contributed by atoms with Gasteiger partial charge in [-0.2, -0.15) is 0 Å². The summed E-state index contributed by atoms with van der Waals surface area (Å²) in [6.45, 7) is 12.9. The van der Waals surface area contributed by atoms with Gasteiger partial charge >= 0.3 is 18.0 Å². The van der Waals surface area contributed by atoms with Crippen molar-refractivity contribution >= 4 is 87.0 Å². The highest BCUT2D eigenvalue weighted by molar-refractivity contribution is 8.00. The average Bonchev–Trinajstić information content (AvgIpc) is 3.49. The number of carbonyl (C=O) groups is 5. The zero-order chi connectivity index (χ0) is 41.9. The molecule has 18 heteroatoms. The van der Waals surface area contributed by atoms with Crippen molar-refractivity contribution in [2.45, 2.75) is 89.7 Å². The Hall–Kier alpha value is -4.64. The molecule has 3 aromatic rings. The Morgan fingerprint density at radius 2 is 1.51 bits per heavy atom. The number of benzene rings is 2. The number of thiazole rings is 1. The highest BCUT2D eigenvalue weighted by Gasteiger charge is 2.55. The van der Waals surface area contributed by atoms with Crippen LogP contribution in [-0.4, -0.2) is 85.3 Å². The summed E-state index contributed by atoms with van der Waals surface area (Å²) in [6.07, 6.45) is -1.61. The second kappa shape index (κ2) is 17.5. The molecule has 2 N–H and O–H groups in total. The number of oxime groups is 1. The topological polar surface area (TPSA) is 175 Å². The van der Waals surface area contributed by atoms with Gasteiger partial charge in [-0.05, 0) is 72.1 Å². The van der Waals surface area contributed by atoms with E-state index in [1.165, 1.54) is 30.5 Å². The summed E-state index contributed by atoms with van der Waals surface area (Å²) in [7, 11) is 0. The molecule has 2 aliphatic rings. The van der Waals surface area contributed by atoms with Crippen LogP contribution >= 0.6 is 46.3 Å². The summed E-state index contributed by atoms with van der Waals surface area (Å²) in [5.74, 6) is -2.88. The molecular weight excluding hydrogens is 817 g/mol. The van der Waals surface area contributed by atoms with E-state index in [0.29, 0.717) is 5.57 Å². The monoisotopic (exact) mass is 859 g/mol. The van der Waals surface area contributed by atoms with Crippen molar-refractivity contribution in [2.24, 2.45) is 5.16 Å². The highest BCUT2D eigenvalue weighted by Crippen LogP contribution is 2.42. The number of carbonyl (C=O) groups excluding carboxylic acids is 5. The number of esters is 2.